The minimum Gasteiger partial charge on any atom is -0.267 e. The molecule has 1 aromatic carbocycles. The van der Waals surface area contributed by atoms with Gasteiger partial charge in [-0.25, -0.2) is 9.37 Å². The highest BCUT2D eigenvalue weighted by Gasteiger charge is 2.15. The zero-order valence-corrected chi connectivity index (χ0v) is 11.9. The maximum atomic E-state index is 13.4. The minimum absolute atomic E-state index is 0.0667. The molecule has 2 N–H and O–H groups in total. The molecule has 0 atom stereocenters. The summed E-state index contributed by atoms with van der Waals surface area (Å²) in [5, 5.41) is 0.141. The van der Waals surface area contributed by atoms with E-state index in [0.29, 0.717) is 0 Å². The average molecular weight is 328 g/mol. The van der Waals surface area contributed by atoms with Crippen molar-refractivity contribution < 1.29 is 14.0 Å². The van der Waals surface area contributed by atoms with E-state index >= 15 is 0 Å². The van der Waals surface area contributed by atoms with Crippen molar-refractivity contribution in [2.75, 3.05) is 0 Å². The molecule has 0 aliphatic rings. The van der Waals surface area contributed by atoms with Crippen LogP contribution in [0.2, 0.25) is 10.2 Å². The third-order valence-corrected chi connectivity index (χ3v) is 2.95. The number of benzene rings is 1. The number of carbonyl (C=O) groups is 2. The monoisotopic (exact) mass is 327 g/mol. The molecule has 0 radical (unpaired) electrons. The van der Waals surface area contributed by atoms with E-state index in [1.807, 2.05) is 0 Å². The van der Waals surface area contributed by atoms with E-state index in [4.69, 9.17) is 23.2 Å². The number of hydrogen-bond donors (Lipinski definition) is 2. The van der Waals surface area contributed by atoms with Crippen LogP contribution >= 0.6 is 23.2 Å². The number of carbonyl (C=O) groups excluding carboxylic acids is 2. The smallest absolute Gasteiger partial charge is 0.267 e. The van der Waals surface area contributed by atoms with Gasteiger partial charge in [-0.05, 0) is 24.3 Å². The number of halogens is 3. The van der Waals surface area contributed by atoms with E-state index in [0.717, 1.165) is 6.07 Å². The van der Waals surface area contributed by atoms with Gasteiger partial charge in [0.2, 0.25) is 0 Å². The summed E-state index contributed by atoms with van der Waals surface area (Å²) in [4.78, 5) is 27.3. The van der Waals surface area contributed by atoms with Crippen molar-refractivity contribution in [3.63, 3.8) is 0 Å². The molecule has 2 aromatic rings. The third-order valence-electron chi connectivity index (χ3n) is 2.44. The Kier molecular flexibility index (Phi) is 4.72. The van der Waals surface area contributed by atoms with Crippen LogP contribution in [0.4, 0.5) is 4.39 Å². The Labute approximate surface area is 129 Å². The number of aromatic nitrogens is 1. The van der Waals surface area contributed by atoms with Crippen molar-refractivity contribution >= 4 is 35.0 Å². The van der Waals surface area contributed by atoms with Crippen molar-refractivity contribution in [2.24, 2.45) is 0 Å². The summed E-state index contributed by atoms with van der Waals surface area (Å²) in [7, 11) is 0. The SMILES string of the molecule is O=C(NNC(=O)c1nc(Cl)ccc1Cl)c1ccccc1F. The van der Waals surface area contributed by atoms with Gasteiger partial charge < -0.3 is 0 Å². The zero-order chi connectivity index (χ0) is 15.4. The molecule has 1 aromatic heterocycles. The first-order valence-corrected chi connectivity index (χ1v) is 6.42. The van der Waals surface area contributed by atoms with Crippen molar-refractivity contribution in [3.05, 3.63) is 63.6 Å². The number of rotatable bonds is 2. The zero-order valence-electron chi connectivity index (χ0n) is 10.4. The second-order valence-corrected chi connectivity index (χ2v) is 4.65. The summed E-state index contributed by atoms with van der Waals surface area (Å²) in [5.74, 6) is -2.28. The summed E-state index contributed by atoms with van der Waals surface area (Å²) in [6, 6.07) is 8.16. The van der Waals surface area contributed by atoms with Crippen molar-refractivity contribution in [1.82, 2.24) is 15.8 Å². The fourth-order valence-electron chi connectivity index (χ4n) is 1.46. The van der Waals surface area contributed by atoms with E-state index in [-0.39, 0.29) is 21.4 Å². The van der Waals surface area contributed by atoms with Gasteiger partial charge in [0.15, 0.2) is 0 Å². The summed E-state index contributed by atoms with van der Waals surface area (Å²) in [6.45, 7) is 0. The van der Waals surface area contributed by atoms with E-state index in [2.05, 4.69) is 15.8 Å². The second-order valence-electron chi connectivity index (χ2n) is 3.85. The predicted molar refractivity (Wildman–Crippen MR) is 75.6 cm³/mol. The largest absolute Gasteiger partial charge is 0.289 e. The number of amides is 2. The van der Waals surface area contributed by atoms with Crippen molar-refractivity contribution in [1.29, 1.82) is 0 Å². The topological polar surface area (TPSA) is 71.1 Å². The molecule has 2 rings (SSSR count). The van der Waals surface area contributed by atoms with Gasteiger partial charge in [-0.2, -0.15) is 0 Å². The first kappa shape index (κ1) is 15.2. The Bertz CT molecular complexity index is 710. The molecule has 5 nitrogen and oxygen atoms in total. The maximum absolute atomic E-state index is 13.4. The Morgan fingerprint density at radius 2 is 1.67 bits per heavy atom. The molecular weight excluding hydrogens is 320 g/mol. The van der Waals surface area contributed by atoms with Gasteiger partial charge in [-0.1, -0.05) is 35.3 Å². The molecule has 0 fully saturated rings. The molecule has 0 aliphatic carbocycles. The number of nitrogens with one attached hydrogen (secondary N) is 2. The highest BCUT2D eigenvalue weighted by molar-refractivity contribution is 6.34. The molecule has 108 valence electrons. The van der Waals surface area contributed by atoms with Gasteiger partial charge in [0.25, 0.3) is 11.8 Å². The van der Waals surface area contributed by atoms with Gasteiger partial charge in [0.05, 0.1) is 10.6 Å². The lowest BCUT2D eigenvalue weighted by Crippen LogP contribution is -2.42. The van der Waals surface area contributed by atoms with Crippen LogP contribution in [-0.4, -0.2) is 16.8 Å². The summed E-state index contributed by atoms with van der Waals surface area (Å²) < 4.78 is 13.4. The summed E-state index contributed by atoms with van der Waals surface area (Å²) in [5.41, 5.74) is 3.79. The van der Waals surface area contributed by atoms with E-state index in [9.17, 15) is 14.0 Å². The van der Waals surface area contributed by atoms with E-state index in [1.54, 1.807) is 0 Å². The van der Waals surface area contributed by atoms with Crippen LogP contribution in [-0.2, 0) is 0 Å². The minimum atomic E-state index is -0.806. The van der Waals surface area contributed by atoms with Crippen LogP contribution in [0.3, 0.4) is 0 Å². The molecule has 8 heteroatoms. The fraction of sp³-hybridized carbons (Fsp3) is 0. The predicted octanol–water partition coefficient (Wildman–Crippen LogP) is 2.60. The normalized spacial score (nSPS) is 10.0. The maximum Gasteiger partial charge on any atom is 0.289 e. The first-order valence-electron chi connectivity index (χ1n) is 5.66. The standard InChI is InChI=1S/C13H8Cl2FN3O2/c14-8-5-6-10(15)17-11(8)13(21)19-18-12(20)7-3-1-2-4-9(7)16/h1-6H,(H,18,20)(H,19,21). The molecule has 0 unspecified atom stereocenters. The van der Waals surface area contributed by atoms with Gasteiger partial charge in [-0.15, -0.1) is 0 Å². The molecule has 21 heavy (non-hydrogen) atoms. The molecular formula is C13H8Cl2FN3O2. The Balaban J connectivity index is 2.06. The molecule has 0 saturated heterocycles. The Morgan fingerprint density at radius 3 is 2.38 bits per heavy atom. The van der Waals surface area contributed by atoms with Gasteiger partial charge in [-0.3, -0.25) is 20.4 Å². The fourth-order valence-corrected chi connectivity index (χ4v) is 1.80. The molecule has 0 saturated carbocycles. The number of nitrogens with zero attached hydrogens (tertiary/aromatic N) is 1. The van der Waals surface area contributed by atoms with Crippen molar-refractivity contribution in [3.8, 4) is 0 Å². The lowest BCUT2D eigenvalue weighted by atomic mass is 10.2. The Hall–Kier alpha value is -2.18. The number of hydrazine groups is 1. The lowest BCUT2D eigenvalue weighted by Gasteiger charge is -2.08. The lowest BCUT2D eigenvalue weighted by molar-refractivity contribution is 0.0841. The quantitative estimate of drug-likeness (QED) is 0.658. The van der Waals surface area contributed by atoms with Gasteiger partial charge in [0, 0.05) is 0 Å². The Morgan fingerprint density at radius 1 is 1.00 bits per heavy atom. The molecule has 2 amide bonds. The molecule has 0 aliphatic heterocycles. The first-order chi connectivity index (χ1) is 9.99. The van der Waals surface area contributed by atoms with Gasteiger partial charge >= 0.3 is 0 Å². The van der Waals surface area contributed by atoms with Crippen molar-refractivity contribution in [2.45, 2.75) is 0 Å². The van der Waals surface area contributed by atoms with Crippen LogP contribution in [0.25, 0.3) is 0 Å². The van der Waals surface area contributed by atoms with E-state index < -0.39 is 17.6 Å². The van der Waals surface area contributed by atoms with Crippen LogP contribution in [0, 0.1) is 5.82 Å². The van der Waals surface area contributed by atoms with Crippen LogP contribution in [0.5, 0.6) is 0 Å². The summed E-state index contributed by atoms with van der Waals surface area (Å²) >= 11 is 11.4. The molecule has 0 bridgehead atoms. The second kappa shape index (κ2) is 6.51. The molecule has 1 heterocycles. The highest BCUT2D eigenvalue weighted by atomic mass is 35.5. The van der Waals surface area contributed by atoms with Crippen LogP contribution in [0.15, 0.2) is 36.4 Å². The average Bonchev–Trinajstić information content (AvgIpc) is 2.47. The van der Waals surface area contributed by atoms with Crippen LogP contribution in [0.1, 0.15) is 20.8 Å². The number of hydrogen-bond acceptors (Lipinski definition) is 3. The third kappa shape index (κ3) is 3.68. The highest BCUT2D eigenvalue weighted by Crippen LogP contribution is 2.16. The van der Waals surface area contributed by atoms with Gasteiger partial charge in [0.1, 0.15) is 16.7 Å². The molecule has 0 spiro atoms. The number of pyridine rings is 1. The van der Waals surface area contributed by atoms with Crippen LogP contribution < -0.4 is 10.9 Å². The summed E-state index contributed by atoms with van der Waals surface area (Å²) in [6.07, 6.45) is 0. The van der Waals surface area contributed by atoms with E-state index in [1.165, 1.54) is 30.3 Å².